The molecule has 0 saturated carbocycles. The maximum atomic E-state index is 13.2. The second-order valence-electron chi connectivity index (χ2n) is 5.44. The fourth-order valence-electron chi connectivity index (χ4n) is 2.98. The van der Waals surface area contributed by atoms with E-state index in [1.807, 2.05) is 18.2 Å². The Balaban J connectivity index is 1.90. The minimum Gasteiger partial charge on any atom is -0.327 e. The van der Waals surface area contributed by atoms with Crippen LogP contribution in [0.25, 0.3) is 11.3 Å². The zero-order valence-electron chi connectivity index (χ0n) is 12.3. The molecule has 0 fully saturated rings. The largest absolute Gasteiger partial charge is 0.327 e. The highest BCUT2D eigenvalue weighted by molar-refractivity contribution is 5.99. The summed E-state index contributed by atoms with van der Waals surface area (Å²) >= 11 is 0. The number of nitrogens with zero attached hydrogens (tertiary/aromatic N) is 3. The topological polar surface area (TPSA) is 61.9 Å². The van der Waals surface area contributed by atoms with Crippen LogP contribution in [0.2, 0.25) is 0 Å². The molecule has 0 bridgehead atoms. The summed E-state index contributed by atoms with van der Waals surface area (Å²) in [6.45, 7) is 0. The molecule has 1 N–H and O–H groups in total. The van der Waals surface area contributed by atoms with E-state index < -0.39 is 0 Å². The Labute approximate surface area is 131 Å². The smallest absolute Gasteiger partial charge is 0.272 e. The van der Waals surface area contributed by atoms with E-state index in [9.17, 15) is 9.18 Å². The summed E-state index contributed by atoms with van der Waals surface area (Å²) in [6.07, 6.45) is 1.70. The third-order valence-electron chi connectivity index (χ3n) is 4.08. The van der Waals surface area contributed by atoms with E-state index in [-0.39, 0.29) is 17.8 Å². The van der Waals surface area contributed by atoms with E-state index in [1.54, 1.807) is 30.3 Å². The fraction of sp³-hybridized carbons (Fsp3) is 0.118. The number of aromatic amines is 1. The number of halogens is 1. The summed E-state index contributed by atoms with van der Waals surface area (Å²) in [7, 11) is 1.74. The second-order valence-corrected chi connectivity index (χ2v) is 5.44. The standard InChI is InChI=1S/C17H13FN4O/c1-22-16(12-4-2-3-9-19-12)13-14(20-21-15(13)17(22)23)10-5-7-11(18)8-6-10/h2-9,16H,1H3,(H,20,21)/t16-/m1/s1. The lowest BCUT2D eigenvalue weighted by Crippen LogP contribution is -2.25. The molecule has 0 radical (unpaired) electrons. The highest BCUT2D eigenvalue weighted by atomic mass is 19.1. The Morgan fingerprint density at radius 2 is 1.96 bits per heavy atom. The number of benzene rings is 1. The molecule has 1 atom stereocenters. The van der Waals surface area contributed by atoms with Crippen LogP contribution in [-0.2, 0) is 0 Å². The number of hydrogen-bond acceptors (Lipinski definition) is 3. The van der Waals surface area contributed by atoms with Crippen LogP contribution in [0.1, 0.15) is 27.8 Å². The van der Waals surface area contributed by atoms with Gasteiger partial charge in [0.2, 0.25) is 0 Å². The first-order valence-electron chi connectivity index (χ1n) is 7.19. The van der Waals surface area contributed by atoms with Crippen LogP contribution in [0, 0.1) is 5.82 Å². The Morgan fingerprint density at radius 1 is 1.17 bits per heavy atom. The minimum atomic E-state index is -0.310. The SMILES string of the molecule is CN1C(=O)c2[nH]nc(-c3ccc(F)cc3)c2[C@H]1c1ccccn1. The molecule has 3 aromatic rings. The molecule has 23 heavy (non-hydrogen) atoms. The van der Waals surface area contributed by atoms with E-state index in [0.717, 1.165) is 16.8 Å². The van der Waals surface area contributed by atoms with Gasteiger partial charge >= 0.3 is 0 Å². The van der Waals surface area contributed by atoms with E-state index in [0.29, 0.717) is 11.4 Å². The van der Waals surface area contributed by atoms with Gasteiger partial charge < -0.3 is 4.90 Å². The molecule has 114 valence electrons. The lowest BCUT2D eigenvalue weighted by molar-refractivity contribution is 0.0786. The molecule has 1 aliphatic heterocycles. The summed E-state index contributed by atoms with van der Waals surface area (Å²) in [5.74, 6) is -0.438. The van der Waals surface area contributed by atoms with Crippen LogP contribution in [-0.4, -0.2) is 33.0 Å². The van der Waals surface area contributed by atoms with Crippen LogP contribution in [0.5, 0.6) is 0 Å². The zero-order chi connectivity index (χ0) is 16.0. The lowest BCUT2D eigenvalue weighted by atomic mass is 9.99. The summed E-state index contributed by atoms with van der Waals surface area (Å²) in [5, 5.41) is 7.09. The number of nitrogens with one attached hydrogen (secondary N) is 1. The normalized spacial score (nSPS) is 16.7. The predicted molar refractivity (Wildman–Crippen MR) is 82.2 cm³/mol. The van der Waals surface area contributed by atoms with Crippen molar-refractivity contribution in [1.82, 2.24) is 20.1 Å². The lowest BCUT2D eigenvalue weighted by Gasteiger charge is -2.20. The summed E-state index contributed by atoms with van der Waals surface area (Å²) in [6, 6.07) is 11.4. The quantitative estimate of drug-likeness (QED) is 0.792. The first-order chi connectivity index (χ1) is 11.2. The van der Waals surface area contributed by atoms with Gasteiger partial charge in [0.1, 0.15) is 17.6 Å². The third-order valence-corrected chi connectivity index (χ3v) is 4.08. The molecule has 0 unspecified atom stereocenters. The van der Waals surface area contributed by atoms with Gasteiger partial charge in [0.25, 0.3) is 5.91 Å². The summed E-state index contributed by atoms with van der Waals surface area (Å²) in [5.41, 5.74) is 3.42. The van der Waals surface area contributed by atoms with Crippen LogP contribution >= 0.6 is 0 Å². The molecule has 1 aromatic carbocycles. The molecule has 4 rings (SSSR count). The van der Waals surface area contributed by atoms with Crippen LogP contribution in [0.3, 0.4) is 0 Å². The van der Waals surface area contributed by atoms with Crippen molar-refractivity contribution in [2.24, 2.45) is 0 Å². The highest BCUT2D eigenvalue weighted by Crippen LogP contribution is 2.40. The fourth-order valence-corrected chi connectivity index (χ4v) is 2.98. The number of aromatic nitrogens is 3. The van der Waals surface area contributed by atoms with Crippen LogP contribution in [0.4, 0.5) is 4.39 Å². The van der Waals surface area contributed by atoms with Crippen molar-refractivity contribution < 1.29 is 9.18 Å². The number of amides is 1. The number of pyridine rings is 1. The van der Waals surface area contributed by atoms with Crippen molar-refractivity contribution in [3.63, 3.8) is 0 Å². The zero-order valence-corrected chi connectivity index (χ0v) is 12.3. The molecule has 0 aliphatic carbocycles. The van der Waals surface area contributed by atoms with E-state index in [2.05, 4.69) is 15.2 Å². The maximum absolute atomic E-state index is 13.2. The van der Waals surface area contributed by atoms with Gasteiger partial charge in [-0.1, -0.05) is 6.07 Å². The number of fused-ring (bicyclic) bond motifs is 1. The van der Waals surface area contributed by atoms with Gasteiger partial charge in [-0.3, -0.25) is 14.9 Å². The molecule has 1 aliphatic rings. The molecule has 2 aromatic heterocycles. The number of carbonyl (C=O) groups is 1. The first kappa shape index (κ1) is 13.6. The number of carbonyl (C=O) groups excluding carboxylic acids is 1. The molecule has 3 heterocycles. The van der Waals surface area contributed by atoms with Gasteiger partial charge in [-0.25, -0.2) is 4.39 Å². The highest BCUT2D eigenvalue weighted by Gasteiger charge is 2.40. The van der Waals surface area contributed by atoms with Crippen molar-refractivity contribution in [2.75, 3.05) is 7.05 Å². The Hall–Kier alpha value is -3.02. The number of hydrogen-bond donors (Lipinski definition) is 1. The van der Waals surface area contributed by atoms with E-state index in [1.165, 1.54) is 12.1 Å². The Bertz CT molecular complexity index is 873. The molecule has 0 saturated heterocycles. The summed E-state index contributed by atoms with van der Waals surface area (Å²) in [4.78, 5) is 18.5. The molecule has 1 amide bonds. The average Bonchev–Trinajstić information content (AvgIpc) is 3.10. The van der Waals surface area contributed by atoms with Crippen LogP contribution < -0.4 is 0 Å². The molecular formula is C17H13FN4O. The first-order valence-corrected chi connectivity index (χ1v) is 7.19. The predicted octanol–water partition coefficient (Wildman–Crippen LogP) is 2.79. The van der Waals surface area contributed by atoms with Crippen LogP contribution in [0.15, 0.2) is 48.7 Å². The van der Waals surface area contributed by atoms with Gasteiger partial charge in [-0.05, 0) is 36.4 Å². The number of rotatable bonds is 2. The van der Waals surface area contributed by atoms with Crippen molar-refractivity contribution in [1.29, 1.82) is 0 Å². The maximum Gasteiger partial charge on any atom is 0.272 e. The summed E-state index contributed by atoms with van der Waals surface area (Å²) < 4.78 is 13.2. The molecule has 5 nitrogen and oxygen atoms in total. The Morgan fingerprint density at radius 3 is 2.65 bits per heavy atom. The third kappa shape index (κ3) is 2.03. The van der Waals surface area contributed by atoms with E-state index in [4.69, 9.17) is 0 Å². The van der Waals surface area contributed by atoms with Gasteiger partial charge in [-0.2, -0.15) is 5.10 Å². The monoisotopic (exact) mass is 308 g/mol. The van der Waals surface area contributed by atoms with Gasteiger partial charge in [-0.15, -0.1) is 0 Å². The van der Waals surface area contributed by atoms with Gasteiger partial charge in [0.05, 0.1) is 11.4 Å². The molecule has 6 heteroatoms. The van der Waals surface area contributed by atoms with Gasteiger partial charge in [0.15, 0.2) is 0 Å². The van der Waals surface area contributed by atoms with Crippen molar-refractivity contribution >= 4 is 5.91 Å². The van der Waals surface area contributed by atoms with E-state index >= 15 is 0 Å². The van der Waals surface area contributed by atoms with Gasteiger partial charge in [0, 0.05) is 24.4 Å². The van der Waals surface area contributed by atoms with Crippen molar-refractivity contribution in [3.05, 3.63) is 71.4 Å². The molecular weight excluding hydrogens is 295 g/mol. The Kier molecular flexibility index (Phi) is 2.97. The van der Waals surface area contributed by atoms with Crippen molar-refractivity contribution in [2.45, 2.75) is 6.04 Å². The molecule has 0 spiro atoms. The number of H-pyrrole nitrogens is 1. The second kappa shape index (κ2) is 5.01. The van der Waals surface area contributed by atoms with Crippen molar-refractivity contribution in [3.8, 4) is 11.3 Å². The average molecular weight is 308 g/mol. The minimum absolute atomic E-state index is 0.128.